The third kappa shape index (κ3) is 2.92. The number of carbonyl (C=O) groups excluding carboxylic acids is 1. The summed E-state index contributed by atoms with van der Waals surface area (Å²) in [5, 5.41) is 8.81. The van der Waals surface area contributed by atoms with Crippen molar-refractivity contribution in [1.29, 1.82) is 5.26 Å². The summed E-state index contributed by atoms with van der Waals surface area (Å²) in [5.41, 5.74) is 0.189. The van der Waals surface area contributed by atoms with E-state index in [0.29, 0.717) is 12.4 Å². The van der Waals surface area contributed by atoms with Crippen molar-refractivity contribution in [3.8, 4) is 6.07 Å². The first kappa shape index (κ1) is 11.9. The zero-order valence-corrected chi connectivity index (χ0v) is 9.17. The van der Waals surface area contributed by atoms with E-state index in [4.69, 9.17) is 10.00 Å². The van der Waals surface area contributed by atoms with Crippen molar-refractivity contribution >= 4 is 11.8 Å². The molecule has 0 saturated heterocycles. The molecular formula is C10H12N4O2. The molecule has 0 radical (unpaired) electrons. The number of nitrogens with zero attached hydrogens (tertiary/aromatic N) is 4. The number of nitriles is 1. The number of hydrogen-bond donors (Lipinski definition) is 0. The van der Waals surface area contributed by atoms with Crippen LogP contribution in [-0.4, -0.2) is 36.1 Å². The van der Waals surface area contributed by atoms with Crippen LogP contribution in [0, 0.1) is 11.3 Å². The third-order valence-corrected chi connectivity index (χ3v) is 1.82. The second-order valence-corrected chi connectivity index (χ2v) is 3.00. The Labute approximate surface area is 93.5 Å². The molecule has 0 unspecified atom stereocenters. The lowest BCUT2D eigenvalue weighted by Crippen LogP contribution is -2.28. The maximum atomic E-state index is 11.2. The summed E-state index contributed by atoms with van der Waals surface area (Å²) < 4.78 is 4.80. The van der Waals surface area contributed by atoms with Gasteiger partial charge in [0.1, 0.15) is 12.6 Å². The molecule has 0 aliphatic heterocycles. The van der Waals surface area contributed by atoms with Crippen LogP contribution in [0.2, 0.25) is 0 Å². The van der Waals surface area contributed by atoms with Crippen LogP contribution in [0.5, 0.6) is 0 Å². The lowest BCUT2D eigenvalue weighted by Gasteiger charge is -2.16. The van der Waals surface area contributed by atoms with Crippen molar-refractivity contribution in [2.75, 3.05) is 25.1 Å². The number of hydrogen-bond acceptors (Lipinski definition) is 6. The maximum Gasteiger partial charge on any atom is 0.325 e. The summed E-state index contributed by atoms with van der Waals surface area (Å²) in [7, 11) is 1.65. The van der Waals surface area contributed by atoms with E-state index < -0.39 is 0 Å². The fraction of sp³-hybridized carbons (Fsp3) is 0.400. The van der Waals surface area contributed by atoms with Crippen LogP contribution in [0.4, 0.5) is 5.82 Å². The monoisotopic (exact) mass is 220 g/mol. The largest absolute Gasteiger partial charge is 0.465 e. The van der Waals surface area contributed by atoms with Gasteiger partial charge in [0.2, 0.25) is 0 Å². The lowest BCUT2D eigenvalue weighted by atomic mass is 10.4. The molecule has 1 rings (SSSR count). The molecule has 1 aromatic heterocycles. The van der Waals surface area contributed by atoms with Crippen LogP contribution in [-0.2, 0) is 9.53 Å². The average molecular weight is 220 g/mol. The van der Waals surface area contributed by atoms with E-state index in [9.17, 15) is 4.79 Å². The highest BCUT2D eigenvalue weighted by Gasteiger charge is 2.13. The van der Waals surface area contributed by atoms with Gasteiger partial charge in [-0.1, -0.05) is 0 Å². The normalized spacial score (nSPS) is 9.31. The molecule has 0 aliphatic carbocycles. The van der Waals surface area contributed by atoms with Crippen molar-refractivity contribution < 1.29 is 9.53 Å². The van der Waals surface area contributed by atoms with Crippen molar-refractivity contribution in [3.63, 3.8) is 0 Å². The van der Waals surface area contributed by atoms with Gasteiger partial charge < -0.3 is 9.64 Å². The average Bonchev–Trinajstić information content (AvgIpc) is 2.29. The molecule has 0 aliphatic rings. The minimum atomic E-state index is -0.362. The van der Waals surface area contributed by atoms with E-state index in [1.807, 2.05) is 6.07 Å². The Balaban J connectivity index is 2.77. The van der Waals surface area contributed by atoms with Gasteiger partial charge in [0.25, 0.3) is 0 Å². The molecule has 0 amide bonds. The molecule has 0 bridgehead atoms. The van der Waals surface area contributed by atoms with Crippen molar-refractivity contribution in [1.82, 2.24) is 9.97 Å². The topological polar surface area (TPSA) is 79.1 Å². The Bertz CT molecular complexity index is 414. The molecule has 0 fully saturated rings. The highest BCUT2D eigenvalue weighted by Crippen LogP contribution is 2.11. The van der Waals surface area contributed by atoms with Gasteiger partial charge in [-0.25, -0.2) is 9.97 Å². The summed E-state index contributed by atoms with van der Waals surface area (Å²) in [6.07, 6.45) is 2.90. The van der Waals surface area contributed by atoms with E-state index in [1.54, 1.807) is 14.0 Å². The maximum absolute atomic E-state index is 11.2. The zero-order valence-electron chi connectivity index (χ0n) is 9.17. The minimum Gasteiger partial charge on any atom is -0.465 e. The number of carbonyl (C=O) groups is 1. The summed E-state index contributed by atoms with van der Waals surface area (Å²) in [6.45, 7) is 2.11. The fourth-order valence-electron chi connectivity index (χ4n) is 1.16. The van der Waals surface area contributed by atoms with Crippen LogP contribution in [0.25, 0.3) is 0 Å². The van der Waals surface area contributed by atoms with Crippen molar-refractivity contribution in [2.45, 2.75) is 6.92 Å². The standard InChI is InChI=1S/C10H12N4O2/c1-3-16-9(15)7-14(2)10-8(6-11)12-4-5-13-10/h4-5H,3,7H2,1-2H3. The molecule has 1 heterocycles. The van der Waals surface area contributed by atoms with Gasteiger partial charge in [0.15, 0.2) is 11.5 Å². The molecule has 84 valence electrons. The molecule has 0 aromatic carbocycles. The molecule has 6 nitrogen and oxygen atoms in total. The van der Waals surface area contributed by atoms with Crippen molar-refractivity contribution in [3.05, 3.63) is 18.1 Å². The molecular weight excluding hydrogens is 208 g/mol. The van der Waals surface area contributed by atoms with Crippen LogP contribution in [0.3, 0.4) is 0 Å². The summed E-state index contributed by atoms with van der Waals surface area (Å²) in [5.74, 6) is 0.0117. The molecule has 0 spiro atoms. The number of likely N-dealkylation sites (N-methyl/N-ethyl adjacent to an activating group) is 1. The first-order chi connectivity index (χ1) is 7.69. The first-order valence-corrected chi connectivity index (χ1v) is 4.77. The van der Waals surface area contributed by atoms with Crippen LogP contribution in [0.15, 0.2) is 12.4 Å². The van der Waals surface area contributed by atoms with Gasteiger partial charge in [-0.15, -0.1) is 0 Å². The lowest BCUT2D eigenvalue weighted by molar-refractivity contribution is -0.141. The van der Waals surface area contributed by atoms with E-state index in [1.165, 1.54) is 17.3 Å². The van der Waals surface area contributed by atoms with Gasteiger partial charge >= 0.3 is 5.97 Å². The zero-order chi connectivity index (χ0) is 12.0. The smallest absolute Gasteiger partial charge is 0.325 e. The van der Waals surface area contributed by atoms with E-state index in [0.717, 1.165) is 0 Å². The molecule has 0 N–H and O–H groups in total. The first-order valence-electron chi connectivity index (χ1n) is 4.77. The van der Waals surface area contributed by atoms with Crippen LogP contribution in [0.1, 0.15) is 12.6 Å². The number of anilines is 1. The summed E-state index contributed by atoms with van der Waals surface area (Å²) in [4.78, 5) is 20.6. The molecule has 6 heteroatoms. The second kappa shape index (κ2) is 5.66. The summed E-state index contributed by atoms with van der Waals surface area (Å²) in [6, 6.07) is 1.91. The second-order valence-electron chi connectivity index (χ2n) is 3.00. The predicted molar refractivity (Wildman–Crippen MR) is 56.7 cm³/mol. The summed E-state index contributed by atoms with van der Waals surface area (Å²) >= 11 is 0. The molecule has 0 saturated carbocycles. The third-order valence-electron chi connectivity index (χ3n) is 1.82. The molecule has 16 heavy (non-hydrogen) atoms. The number of aromatic nitrogens is 2. The van der Waals surface area contributed by atoms with Crippen LogP contribution >= 0.6 is 0 Å². The molecule has 0 atom stereocenters. The Kier molecular flexibility index (Phi) is 4.21. The highest BCUT2D eigenvalue weighted by atomic mass is 16.5. The number of ether oxygens (including phenoxy) is 1. The number of esters is 1. The minimum absolute atomic E-state index is 0.0429. The Morgan fingerprint density at radius 1 is 1.56 bits per heavy atom. The SMILES string of the molecule is CCOC(=O)CN(C)c1nccnc1C#N. The van der Waals surface area contributed by atoms with Gasteiger partial charge in [-0.05, 0) is 6.92 Å². The van der Waals surface area contributed by atoms with Gasteiger partial charge in [-0.3, -0.25) is 4.79 Å². The predicted octanol–water partition coefficient (Wildman–Crippen LogP) is 0.348. The Morgan fingerprint density at radius 2 is 2.25 bits per heavy atom. The quantitative estimate of drug-likeness (QED) is 0.681. The Hall–Kier alpha value is -2.16. The van der Waals surface area contributed by atoms with E-state index in [-0.39, 0.29) is 18.2 Å². The van der Waals surface area contributed by atoms with Crippen molar-refractivity contribution in [2.24, 2.45) is 0 Å². The van der Waals surface area contributed by atoms with Gasteiger partial charge in [-0.2, -0.15) is 5.26 Å². The van der Waals surface area contributed by atoms with Gasteiger partial charge in [0.05, 0.1) is 6.61 Å². The highest BCUT2D eigenvalue weighted by molar-refractivity contribution is 5.75. The van der Waals surface area contributed by atoms with Crippen LogP contribution < -0.4 is 4.90 Å². The van der Waals surface area contributed by atoms with E-state index >= 15 is 0 Å². The Morgan fingerprint density at radius 3 is 2.88 bits per heavy atom. The van der Waals surface area contributed by atoms with Gasteiger partial charge in [0, 0.05) is 19.4 Å². The fourth-order valence-corrected chi connectivity index (χ4v) is 1.16. The van der Waals surface area contributed by atoms with E-state index in [2.05, 4.69) is 9.97 Å². The molecule has 1 aromatic rings. The number of rotatable bonds is 4.